The van der Waals surface area contributed by atoms with E-state index >= 15 is 0 Å². The third-order valence-corrected chi connectivity index (χ3v) is 2.25. The second-order valence-corrected chi connectivity index (χ2v) is 3.59. The van der Waals surface area contributed by atoms with Crippen LogP contribution in [0.4, 0.5) is 0 Å². The highest BCUT2D eigenvalue weighted by Crippen LogP contribution is 2.16. The van der Waals surface area contributed by atoms with E-state index in [-0.39, 0.29) is 5.91 Å². The van der Waals surface area contributed by atoms with E-state index in [4.69, 9.17) is 0 Å². The maximum atomic E-state index is 11.5. The van der Waals surface area contributed by atoms with Gasteiger partial charge in [0.15, 0.2) is 0 Å². The number of nitrogens with zero attached hydrogens (tertiary/aromatic N) is 2. The third-order valence-electron chi connectivity index (χ3n) is 2.25. The van der Waals surface area contributed by atoms with Crippen LogP contribution in [0.15, 0.2) is 30.4 Å². The van der Waals surface area contributed by atoms with E-state index in [2.05, 4.69) is 25.1 Å². The van der Waals surface area contributed by atoms with Gasteiger partial charge in [0.25, 0.3) is 0 Å². The van der Waals surface area contributed by atoms with Gasteiger partial charge in [-0.05, 0) is 12.0 Å². The molecule has 1 atom stereocenters. The van der Waals surface area contributed by atoms with Crippen LogP contribution in [0.2, 0.25) is 0 Å². The smallest absolute Gasteiger partial charge is 0.223 e. The predicted octanol–water partition coefficient (Wildman–Crippen LogP) is 1.63. The number of carbonyl (C=O) groups excluding carboxylic acids is 1. The van der Waals surface area contributed by atoms with Gasteiger partial charge in [-0.3, -0.25) is 9.79 Å². The van der Waals surface area contributed by atoms with E-state index in [0.717, 1.165) is 12.3 Å². The van der Waals surface area contributed by atoms with Gasteiger partial charge in [-0.1, -0.05) is 20.1 Å². The molecule has 14 heavy (non-hydrogen) atoms. The Bertz CT molecular complexity index is 281. The van der Waals surface area contributed by atoms with Crippen molar-refractivity contribution in [3.8, 4) is 0 Å². The van der Waals surface area contributed by atoms with Gasteiger partial charge in [0.2, 0.25) is 5.91 Å². The Morgan fingerprint density at radius 1 is 1.71 bits per heavy atom. The third kappa shape index (κ3) is 2.55. The SMILES string of the molecule is C=CN=C(C=C)CN1CC(C)CC1=O. The summed E-state index contributed by atoms with van der Waals surface area (Å²) < 4.78 is 0. The zero-order valence-corrected chi connectivity index (χ0v) is 8.57. The Kier molecular flexibility index (Phi) is 3.63. The predicted molar refractivity (Wildman–Crippen MR) is 58.2 cm³/mol. The molecular formula is C11H16N2O. The van der Waals surface area contributed by atoms with E-state index in [1.165, 1.54) is 6.20 Å². The fourth-order valence-corrected chi connectivity index (χ4v) is 1.59. The van der Waals surface area contributed by atoms with E-state index in [9.17, 15) is 4.79 Å². The Hall–Kier alpha value is -1.38. The van der Waals surface area contributed by atoms with Crippen LogP contribution in [0.3, 0.4) is 0 Å². The van der Waals surface area contributed by atoms with Crippen LogP contribution in [-0.2, 0) is 4.79 Å². The monoisotopic (exact) mass is 192 g/mol. The van der Waals surface area contributed by atoms with Crippen molar-refractivity contribution in [2.45, 2.75) is 13.3 Å². The lowest BCUT2D eigenvalue weighted by atomic mass is 10.2. The molecule has 0 aromatic rings. The van der Waals surface area contributed by atoms with Gasteiger partial charge in [-0.15, -0.1) is 0 Å². The van der Waals surface area contributed by atoms with Crippen molar-refractivity contribution in [3.05, 3.63) is 25.4 Å². The lowest BCUT2D eigenvalue weighted by Gasteiger charge is -2.15. The quantitative estimate of drug-likeness (QED) is 0.623. The number of likely N-dealkylation sites (tertiary alicyclic amines) is 1. The Morgan fingerprint density at radius 3 is 2.86 bits per heavy atom. The number of hydrogen-bond donors (Lipinski definition) is 0. The van der Waals surface area contributed by atoms with Gasteiger partial charge < -0.3 is 4.90 Å². The van der Waals surface area contributed by atoms with Crippen molar-refractivity contribution in [2.75, 3.05) is 13.1 Å². The molecule has 0 radical (unpaired) electrons. The molecule has 1 saturated heterocycles. The number of hydrogen-bond acceptors (Lipinski definition) is 2. The molecule has 0 saturated carbocycles. The minimum Gasteiger partial charge on any atom is -0.337 e. The number of rotatable bonds is 4. The maximum absolute atomic E-state index is 11.5. The first-order chi connectivity index (χ1) is 6.67. The van der Waals surface area contributed by atoms with E-state index in [1.54, 1.807) is 6.08 Å². The molecule has 1 unspecified atom stereocenters. The highest BCUT2D eigenvalue weighted by Gasteiger charge is 2.26. The van der Waals surface area contributed by atoms with Crippen molar-refractivity contribution >= 4 is 11.6 Å². The fraction of sp³-hybridized carbons (Fsp3) is 0.455. The zero-order chi connectivity index (χ0) is 10.6. The van der Waals surface area contributed by atoms with Crippen LogP contribution in [0.1, 0.15) is 13.3 Å². The molecule has 76 valence electrons. The summed E-state index contributed by atoms with van der Waals surface area (Å²) in [6.45, 7) is 10.6. The normalized spacial score (nSPS) is 22.6. The second-order valence-electron chi connectivity index (χ2n) is 3.59. The molecule has 3 nitrogen and oxygen atoms in total. The highest BCUT2D eigenvalue weighted by atomic mass is 16.2. The average Bonchev–Trinajstić information content (AvgIpc) is 2.44. The molecule has 0 aromatic carbocycles. The summed E-state index contributed by atoms with van der Waals surface area (Å²) in [6.07, 6.45) is 3.79. The van der Waals surface area contributed by atoms with Crippen LogP contribution >= 0.6 is 0 Å². The van der Waals surface area contributed by atoms with Crippen LogP contribution < -0.4 is 0 Å². The molecule has 1 aliphatic heterocycles. The van der Waals surface area contributed by atoms with Crippen molar-refractivity contribution in [1.82, 2.24) is 4.90 Å². The number of amides is 1. The molecule has 1 heterocycles. The summed E-state index contributed by atoms with van der Waals surface area (Å²) in [7, 11) is 0. The Balaban J connectivity index is 2.59. The summed E-state index contributed by atoms with van der Waals surface area (Å²) >= 11 is 0. The lowest BCUT2D eigenvalue weighted by Crippen LogP contribution is -2.30. The van der Waals surface area contributed by atoms with Gasteiger partial charge in [-0.2, -0.15) is 0 Å². The summed E-state index contributed by atoms with van der Waals surface area (Å²) in [6, 6.07) is 0. The van der Waals surface area contributed by atoms with E-state index in [0.29, 0.717) is 18.9 Å². The van der Waals surface area contributed by atoms with Crippen molar-refractivity contribution in [3.63, 3.8) is 0 Å². The zero-order valence-electron chi connectivity index (χ0n) is 8.57. The largest absolute Gasteiger partial charge is 0.337 e. The molecule has 0 bridgehead atoms. The summed E-state index contributed by atoms with van der Waals surface area (Å²) in [5.41, 5.74) is 0.794. The first-order valence-electron chi connectivity index (χ1n) is 4.75. The van der Waals surface area contributed by atoms with E-state index < -0.39 is 0 Å². The van der Waals surface area contributed by atoms with Gasteiger partial charge in [0, 0.05) is 19.2 Å². The minimum absolute atomic E-state index is 0.205. The number of carbonyl (C=O) groups is 1. The maximum Gasteiger partial charge on any atom is 0.223 e. The van der Waals surface area contributed by atoms with Crippen LogP contribution in [0.5, 0.6) is 0 Å². The molecule has 0 spiro atoms. The molecule has 0 aromatic heterocycles. The Morgan fingerprint density at radius 2 is 2.43 bits per heavy atom. The Labute approximate surface area is 84.8 Å². The molecule has 3 heteroatoms. The topological polar surface area (TPSA) is 32.7 Å². The number of aliphatic imine (C=N–C) groups is 1. The molecule has 1 aliphatic rings. The lowest BCUT2D eigenvalue weighted by molar-refractivity contribution is -0.127. The fourth-order valence-electron chi connectivity index (χ4n) is 1.59. The average molecular weight is 192 g/mol. The minimum atomic E-state index is 0.205. The standard InChI is InChI=1S/C11H16N2O/c1-4-10(12-5-2)8-13-7-9(3)6-11(13)14/h4-5,9H,1-2,6-8H2,3H3. The van der Waals surface area contributed by atoms with Crippen molar-refractivity contribution in [2.24, 2.45) is 10.9 Å². The molecule has 1 fully saturated rings. The van der Waals surface area contributed by atoms with Gasteiger partial charge >= 0.3 is 0 Å². The van der Waals surface area contributed by atoms with Gasteiger partial charge in [0.1, 0.15) is 0 Å². The first kappa shape index (κ1) is 10.7. The van der Waals surface area contributed by atoms with Crippen molar-refractivity contribution in [1.29, 1.82) is 0 Å². The molecule has 0 aliphatic carbocycles. The molecular weight excluding hydrogens is 176 g/mol. The molecule has 1 amide bonds. The van der Waals surface area contributed by atoms with Gasteiger partial charge in [-0.25, -0.2) is 0 Å². The molecule has 1 rings (SSSR count). The van der Waals surface area contributed by atoms with E-state index in [1.807, 2.05) is 4.90 Å². The highest BCUT2D eigenvalue weighted by molar-refractivity contribution is 5.98. The van der Waals surface area contributed by atoms with Crippen LogP contribution in [0.25, 0.3) is 0 Å². The second kappa shape index (κ2) is 4.74. The summed E-state index contributed by atoms with van der Waals surface area (Å²) in [5, 5.41) is 0. The summed E-state index contributed by atoms with van der Waals surface area (Å²) in [5.74, 6) is 0.661. The summed E-state index contributed by atoms with van der Waals surface area (Å²) in [4.78, 5) is 17.3. The molecule has 0 N–H and O–H groups in total. The van der Waals surface area contributed by atoms with Gasteiger partial charge in [0.05, 0.1) is 12.3 Å². The van der Waals surface area contributed by atoms with Crippen LogP contribution in [-0.4, -0.2) is 29.6 Å². The van der Waals surface area contributed by atoms with Crippen molar-refractivity contribution < 1.29 is 4.79 Å². The van der Waals surface area contributed by atoms with Crippen LogP contribution in [0, 0.1) is 5.92 Å². The first-order valence-corrected chi connectivity index (χ1v) is 4.75.